The van der Waals surface area contributed by atoms with Gasteiger partial charge in [0.15, 0.2) is 11.6 Å². The van der Waals surface area contributed by atoms with Gasteiger partial charge in [0.05, 0.1) is 23.4 Å². The van der Waals surface area contributed by atoms with Crippen molar-refractivity contribution >= 4 is 39.0 Å². The maximum atomic E-state index is 12.7. The lowest BCUT2D eigenvalue weighted by Gasteiger charge is -2.13. The van der Waals surface area contributed by atoms with Crippen molar-refractivity contribution in [3.05, 3.63) is 40.3 Å². The lowest BCUT2D eigenvalue weighted by atomic mass is 10.4. The number of methoxy groups -OCH3 is 1. The standard InChI is InChI=1S/C12H8Cl2F3N3O3S/c1-23-7-5-18-11(12(15,16)17)19-10(7)20-24(21,22)8-4-2-3-6(13)9(8)14/h2-5H,1H3,(H,18,19,20). The summed E-state index contributed by atoms with van der Waals surface area (Å²) in [5.41, 5.74) is 0. The van der Waals surface area contributed by atoms with Crippen LogP contribution >= 0.6 is 23.2 Å². The van der Waals surface area contributed by atoms with Gasteiger partial charge >= 0.3 is 6.18 Å². The first kappa shape index (κ1) is 18.6. The topological polar surface area (TPSA) is 81.2 Å². The van der Waals surface area contributed by atoms with Crippen LogP contribution < -0.4 is 9.46 Å². The molecule has 0 aliphatic rings. The molecule has 0 unspecified atom stereocenters. The molecular formula is C12H8Cl2F3N3O3S. The first-order valence-corrected chi connectivity index (χ1v) is 8.25. The van der Waals surface area contributed by atoms with Crippen molar-refractivity contribution in [1.82, 2.24) is 9.97 Å². The highest BCUT2D eigenvalue weighted by Gasteiger charge is 2.36. The molecule has 130 valence electrons. The number of anilines is 1. The van der Waals surface area contributed by atoms with Gasteiger partial charge in [-0.3, -0.25) is 4.72 Å². The Bertz CT molecular complexity index is 876. The number of benzene rings is 1. The highest BCUT2D eigenvalue weighted by Crippen LogP contribution is 2.33. The highest BCUT2D eigenvalue weighted by molar-refractivity contribution is 7.92. The van der Waals surface area contributed by atoms with Gasteiger partial charge < -0.3 is 4.74 Å². The molecule has 1 heterocycles. The zero-order valence-electron chi connectivity index (χ0n) is 11.7. The van der Waals surface area contributed by atoms with Crippen molar-refractivity contribution < 1.29 is 26.3 Å². The van der Waals surface area contributed by atoms with E-state index in [0.29, 0.717) is 6.20 Å². The number of halogens is 5. The monoisotopic (exact) mass is 401 g/mol. The molecule has 6 nitrogen and oxygen atoms in total. The number of hydrogen-bond donors (Lipinski definition) is 1. The quantitative estimate of drug-likeness (QED) is 0.845. The van der Waals surface area contributed by atoms with Crippen molar-refractivity contribution in [2.45, 2.75) is 11.1 Å². The molecule has 0 radical (unpaired) electrons. The van der Waals surface area contributed by atoms with E-state index in [4.69, 9.17) is 27.9 Å². The van der Waals surface area contributed by atoms with E-state index in [1.807, 2.05) is 4.72 Å². The second-order valence-corrected chi connectivity index (χ2v) is 6.70. The highest BCUT2D eigenvalue weighted by atomic mass is 35.5. The molecule has 0 saturated carbocycles. The maximum Gasteiger partial charge on any atom is 0.451 e. The van der Waals surface area contributed by atoms with Crippen LogP contribution in [0, 0.1) is 0 Å². The summed E-state index contributed by atoms with van der Waals surface area (Å²) in [6.07, 6.45) is -4.16. The Morgan fingerprint density at radius 3 is 2.50 bits per heavy atom. The molecule has 0 saturated heterocycles. The van der Waals surface area contributed by atoms with Crippen LogP contribution in [0.3, 0.4) is 0 Å². The molecule has 0 fully saturated rings. The molecular weight excluding hydrogens is 394 g/mol. The Hall–Kier alpha value is -1.78. The summed E-state index contributed by atoms with van der Waals surface area (Å²) >= 11 is 11.6. The number of rotatable bonds is 4. The van der Waals surface area contributed by atoms with Gasteiger partial charge in [0.25, 0.3) is 10.0 Å². The summed E-state index contributed by atoms with van der Waals surface area (Å²) in [7, 11) is -3.24. The van der Waals surface area contributed by atoms with Gasteiger partial charge in [0.2, 0.25) is 5.82 Å². The molecule has 0 atom stereocenters. The van der Waals surface area contributed by atoms with E-state index < -0.39 is 32.7 Å². The summed E-state index contributed by atoms with van der Waals surface area (Å²) in [4.78, 5) is 5.80. The van der Waals surface area contributed by atoms with Crippen LogP contribution in [-0.2, 0) is 16.2 Å². The van der Waals surface area contributed by atoms with Gasteiger partial charge in [-0.2, -0.15) is 13.2 Å². The van der Waals surface area contributed by atoms with E-state index in [2.05, 4.69) is 9.97 Å². The van der Waals surface area contributed by atoms with E-state index in [0.717, 1.165) is 13.2 Å². The third-order valence-electron chi connectivity index (χ3n) is 2.67. The number of nitrogens with one attached hydrogen (secondary N) is 1. The van der Waals surface area contributed by atoms with Gasteiger partial charge in [-0.05, 0) is 12.1 Å². The van der Waals surface area contributed by atoms with Crippen molar-refractivity contribution in [2.24, 2.45) is 0 Å². The molecule has 1 aromatic heterocycles. The number of hydrogen-bond acceptors (Lipinski definition) is 5. The Morgan fingerprint density at radius 2 is 1.92 bits per heavy atom. The first-order chi connectivity index (χ1) is 11.1. The fraction of sp³-hybridized carbons (Fsp3) is 0.167. The summed E-state index contributed by atoms with van der Waals surface area (Å²) < 4.78 is 69.4. The molecule has 2 rings (SSSR count). The van der Waals surface area contributed by atoms with Crippen molar-refractivity contribution in [1.29, 1.82) is 0 Å². The second kappa shape index (κ2) is 6.61. The molecule has 1 N–H and O–H groups in total. The van der Waals surface area contributed by atoms with E-state index in [-0.39, 0.29) is 15.8 Å². The van der Waals surface area contributed by atoms with Crippen molar-refractivity contribution in [3.8, 4) is 5.75 Å². The second-order valence-electron chi connectivity index (χ2n) is 4.27. The van der Waals surface area contributed by atoms with Crippen molar-refractivity contribution in [2.75, 3.05) is 11.8 Å². The van der Waals surface area contributed by atoms with Gasteiger partial charge in [-0.1, -0.05) is 29.3 Å². The van der Waals surface area contributed by atoms with Crippen LogP contribution in [0.5, 0.6) is 5.75 Å². The maximum absolute atomic E-state index is 12.7. The smallest absolute Gasteiger partial charge is 0.451 e. The summed E-state index contributed by atoms with van der Waals surface area (Å²) in [6, 6.07) is 3.81. The molecule has 0 aliphatic heterocycles. The summed E-state index contributed by atoms with van der Waals surface area (Å²) in [5.74, 6) is -2.52. The predicted octanol–water partition coefficient (Wildman–Crippen LogP) is 3.61. The molecule has 2 aromatic rings. The number of sulfonamides is 1. The molecule has 0 aliphatic carbocycles. The molecule has 0 amide bonds. The minimum atomic E-state index is -4.86. The average Bonchev–Trinajstić information content (AvgIpc) is 2.48. The Kier molecular flexibility index (Phi) is 5.11. The minimum absolute atomic E-state index is 0.0369. The van der Waals surface area contributed by atoms with Crippen LogP contribution in [0.25, 0.3) is 0 Å². The lowest BCUT2D eigenvalue weighted by molar-refractivity contribution is -0.144. The third kappa shape index (κ3) is 3.82. The van der Waals surface area contributed by atoms with E-state index in [1.165, 1.54) is 12.1 Å². The average molecular weight is 402 g/mol. The molecule has 24 heavy (non-hydrogen) atoms. The molecule has 12 heteroatoms. The molecule has 0 spiro atoms. The number of nitrogens with zero attached hydrogens (tertiary/aromatic N) is 2. The van der Waals surface area contributed by atoms with Gasteiger partial charge in [0, 0.05) is 0 Å². The van der Waals surface area contributed by atoms with Crippen LogP contribution in [0.4, 0.5) is 19.0 Å². The Morgan fingerprint density at radius 1 is 1.25 bits per heavy atom. The third-order valence-corrected chi connectivity index (χ3v) is 4.98. The van der Waals surface area contributed by atoms with Crippen LogP contribution in [0.15, 0.2) is 29.3 Å². The van der Waals surface area contributed by atoms with E-state index >= 15 is 0 Å². The zero-order chi connectivity index (χ0) is 18.1. The number of aromatic nitrogens is 2. The molecule has 1 aromatic carbocycles. The number of ether oxygens (including phenoxy) is 1. The predicted molar refractivity (Wildman–Crippen MR) is 80.9 cm³/mol. The Balaban J connectivity index is 2.51. The largest absolute Gasteiger partial charge is 0.491 e. The van der Waals surface area contributed by atoms with E-state index in [9.17, 15) is 21.6 Å². The van der Waals surface area contributed by atoms with Crippen molar-refractivity contribution in [3.63, 3.8) is 0 Å². The van der Waals surface area contributed by atoms with Crippen LogP contribution in [0.1, 0.15) is 5.82 Å². The summed E-state index contributed by atoms with van der Waals surface area (Å²) in [6.45, 7) is 0. The zero-order valence-corrected chi connectivity index (χ0v) is 14.1. The fourth-order valence-electron chi connectivity index (χ4n) is 1.60. The SMILES string of the molecule is COc1cnc(C(F)(F)F)nc1NS(=O)(=O)c1cccc(Cl)c1Cl. The number of alkyl halides is 3. The van der Waals surface area contributed by atoms with Crippen LogP contribution in [0.2, 0.25) is 10.0 Å². The summed E-state index contributed by atoms with van der Waals surface area (Å²) in [5, 5.41) is -0.319. The van der Waals surface area contributed by atoms with E-state index in [1.54, 1.807) is 0 Å². The van der Waals surface area contributed by atoms with Gasteiger partial charge in [-0.25, -0.2) is 18.4 Å². The van der Waals surface area contributed by atoms with Gasteiger partial charge in [0.1, 0.15) is 4.90 Å². The fourth-order valence-corrected chi connectivity index (χ4v) is 3.38. The minimum Gasteiger partial charge on any atom is -0.491 e. The van der Waals surface area contributed by atoms with Crippen LogP contribution in [-0.4, -0.2) is 25.5 Å². The normalized spacial score (nSPS) is 12.1. The Labute approximate surface area is 144 Å². The van der Waals surface area contributed by atoms with Gasteiger partial charge in [-0.15, -0.1) is 0 Å². The lowest BCUT2D eigenvalue weighted by Crippen LogP contribution is -2.18. The first-order valence-electron chi connectivity index (χ1n) is 6.01. The molecule has 0 bridgehead atoms.